The predicted octanol–water partition coefficient (Wildman–Crippen LogP) is 9.26. The van der Waals surface area contributed by atoms with E-state index in [0.29, 0.717) is 47.0 Å². The third kappa shape index (κ3) is 4.33. The fourth-order valence-electron chi connectivity index (χ4n) is 12.5. The van der Waals surface area contributed by atoms with Crippen LogP contribution in [0.25, 0.3) is 6.08 Å². The second kappa shape index (κ2) is 10.4. The molecule has 5 saturated carbocycles. The average Bonchev–Trinajstić information content (AvgIpc) is 3.34. The Bertz CT molecular complexity index is 1230. The molecule has 10 atom stereocenters. The van der Waals surface area contributed by atoms with Gasteiger partial charge in [0.15, 0.2) is 0 Å². The Morgan fingerprint density at radius 3 is 2.36 bits per heavy atom. The van der Waals surface area contributed by atoms with E-state index >= 15 is 0 Å². The van der Waals surface area contributed by atoms with Gasteiger partial charge in [0.05, 0.1) is 12.7 Å². The van der Waals surface area contributed by atoms with E-state index in [9.17, 15) is 9.90 Å². The molecule has 6 rings (SSSR count). The number of aliphatic hydroxyl groups excluding tert-OH is 1. The number of benzene rings is 1. The summed E-state index contributed by atoms with van der Waals surface area (Å²) in [6.45, 7) is 20.0. The third-order valence-electron chi connectivity index (χ3n) is 14.9. The maximum absolute atomic E-state index is 12.9. The predicted molar refractivity (Wildman–Crippen MR) is 171 cm³/mol. The summed E-state index contributed by atoms with van der Waals surface area (Å²) in [7, 11) is 0. The van der Waals surface area contributed by atoms with Crippen LogP contribution in [0.15, 0.2) is 48.6 Å². The molecule has 42 heavy (non-hydrogen) atoms. The van der Waals surface area contributed by atoms with Gasteiger partial charge >= 0.3 is 5.97 Å². The molecule has 5 aliphatic rings. The van der Waals surface area contributed by atoms with Crippen molar-refractivity contribution < 1.29 is 14.6 Å². The van der Waals surface area contributed by atoms with Gasteiger partial charge in [-0.2, -0.15) is 0 Å². The number of esters is 1. The molecule has 230 valence electrons. The molecule has 3 nitrogen and oxygen atoms in total. The first kappa shape index (κ1) is 30.2. The van der Waals surface area contributed by atoms with Gasteiger partial charge in [-0.3, -0.25) is 0 Å². The molecule has 5 aliphatic carbocycles. The molecule has 0 amide bonds. The largest absolute Gasteiger partial charge is 0.462 e. The van der Waals surface area contributed by atoms with Crippen LogP contribution in [0, 0.1) is 56.7 Å². The van der Waals surface area contributed by atoms with Crippen LogP contribution < -0.4 is 0 Å². The highest BCUT2D eigenvalue weighted by Gasteiger charge is 2.70. The maximum Gasteiger partial charge on any atom is 0.330 e. The van der Waals surface area contributed by atoms with Gasteiger partial charge in [0.1, 0.15) is 0 Å². The summed E-state index contributed by atoms with van der Waals surface area (Å²) in [6, 6.07) is 9.99. The van der Waals surface area contributed by atoms with E-state index in [1.165, 1.54) is 44.1 Å². The van der Waals surface area contributed by atoms with Crippen molar-refractivity contribution in [3.8, 4) is 0 Å². The Hall–Kier alpha value is -1.87. The Kier molecular flexibility index (Phi) is 7.44. The van der Waals surface area contributed by atoms with Gasteiger partial charge in [-0.25, -0.2) is 4.79 Å². The second-order valence-corrected chi connectivity index (χ2v) is 16.8. The SMILES string of the molecule is C=C(C)[C@H]1CC[C@@]2(COC(=O)/C=C/c3ccccc3)CC[C@@]3(C)[C@@H](CC[C@@H]4[C@]5(C)CC[C@H](O)C(C)(C)[C@@H]5CC[C@@]43C)[C@H]12. The number of aliphatic hydroxyl groups is 1. The molecule has 0 radical (unpaired) electrons. The zero-order chi connectivity index (χ0) is 30.1. The van der Waals surface area contributed by atoms with Crippen LogP contribution in [0.5, 0.6) is 0 Å². The highest BCUT2D eigenvalue weighted by atomic mass is 16.5. The molecule has 0 unspecified atom stereocenters. The van der Waals surface area contributed by atoms with Crippen LogP contribution in [0.1, 0.15) is 111 Å². The highest BCUT2D eigenvalue weighted by molar-refractivity contribution is 5.87. The van der Waals surface area contributed by atoms with Crippen LogP contribution in [0.4, 0.5) is 0 Å². The van der Waals surface area contributed by atoms with E-state index in [0.717, 1.165) is 31.2 Å². The topological polar surface area (TPSA) is 46.5 Å². The molecule has 0 aromatic heterocycles. The summed E-state index contributed by atoms with van der Waals surface area (Å²) in [5, 5.41) is 11.0. The number of fused-ring (bicyclic) bond motifs is 7. The molecule has 1 N–H and O–H groups in total. The number of hydrogen-bond donors (Lipinski definition) is 1. The first-order valence-electron chi connectivity index (χ1n) is 17.0. The van der Waals surface area contributed by atoms with E-state index in [4.69, 9.17) is 4.74 Å². The van der Waals surface area contributed by atoms with Crippen LogP contribution >= 0.6 is 0 Å². The molecule has 0 bridgehead atoms. The summed E-state index contributed by atoms with van der Waals surface area (Å²) >= 11 is 0. The molecule has 5 fully saturated rings. The van der Waals surface area contributed by atoms with Gasteiger partial charge in [-0.05, 0) is 134 Å². The van der Waals surface area contributed by atoms with Gasteiger partial charge in [-0.15, -0.1) is 0 Å². The fourth-order valence-corrected chi connectivity index (χ4v) is 12.5. The van der Waals surface area contributed by atoms with Crippen LogP contribution in [0.2, 0.25) is 0 Å². The third-order valence-corrected chi connectivity index (χ3v) is 14.9. The summed E-state index contributed by atoms with van der Waals surface area (Å²) < 4.78 is 6.12. The minimum absolute atomic E-state index is 0.0108. The van der Waals surface area contributed by atoms with E-state index < -0.39 is 0 Å². The molecular formula is C39H56O3. The Morgan fingerprint density at radius 2 is 1.64 bits per heavy atom. The van der Waals surface area contributed by atoms with Crippen molar-refractivity contribution in [2.24, 2.45) is 56.7 Å². The number of rotatable bonds is 5. The minimum atomic E-state index is -0.219. The van der Waals surface area contributed by atoms with E-state index in [1.54, 1.807) is 6.08 Å². The van der Waals surface area contributed by atoms with Gasteiger partial charge < -0.3 is 9.84 Å². The lowest BCUT2D eigenvalue weighted by molar-refractivity contribution is -0.249. The van der Waals surface area contributed by atoms with Crippen molar-refractivity contribution in [3.05, 3.63) is 54.1 Å². The molecule has 1 aromatic carbocycles. The van der Waals surface area contributed by atoms with Crippen molar-refractivity contribution >= 4 is 12.0 Å². The molecule has 0 saturated heterocycles. The van der Waals surface area contributed by atoms with Gasteiger partial charge in [-0.1, -0.05) is 77.1 Å². The summed E-state index contributed by atoms with van der Waals surface area (Å²) in [5.74, 6) is 2.76. The standard InChI is InChI=1S/C39H56O3/c1-26(2)28-17-22-39(25-42-33(41)16-13-27-11-9-8-10-12-27)24-23-37(6)29(34(28)39)14-15-31-36(5)20-19-32(40)35(3,4)30(36)18-21-38(31,37)7/h8-13,16,28-32,34,40H,1,14-15,17-25H2,2-7H3/b16-13+/t28-,29+,30+,31-,32+,34+,36-,37+,38+,39+/m1/s1. The first-order valence-corrected chi connectivity index (χ1v) is 17.0. The monoisotopic (exact) mass is 572 g/mol. The van der Waals surface area contributed by atoms with Crippen LogP contribution in [-0.4, -0.2) is 23.8 Å². The number of ether oxygens (including phenoxy) is 1. The van der Waals surface area contributed by atoms with Crippen molar-refractivity contribution in [1.82, 2.24) is 0 Å². The minimum Gasteiger partial charge on any atom is -0.462 e. The molecule has 1 aromatic rings. The van der Waals surface area contributed by atoms with Gasteiger partial charge in [0.25, 0.3) is 0 Å². The van der Waals surface area contributed by atoms with Crippen LogP contribution in [-0.2, 0) is 9.53 Å². The zero-order valence-electron chi connectivity index (χ0n) is 27.3. The quantitative estimate of drug-likeness (QED) is 0.217. The van der Waals surface area contributed by atoms with Crippen LogP contribution in [0.3, 0.4) is 0 Å². The number of carbonyl (C=O) groups excluding carboxylic acids is 1. The van der Waals surface area contributed by atoms with Crippen molar-refractivity contribution in [3.63, 3.8) is 0 Å². The molecule has 0 heterocycles. The van der Waals surface area contributed by atoms with Gasteiger partial charge in [0.2, 0.25) is 0 Å². The normalized spacial score (nSPS) is 45.8. The van der Waals surface area contributed by atoms with Gasteiger partial charge in [0, 0.05) is 11.5 Å². The number of carbonyl (C=O) groups is 1. The Morgan fingerprint density at radius 1 is 0.905 bits per heavy atom. The van der Waals surface area contributed by atoms with Crippen molar-refractivity contribution in [2.75, 3.05) is 6.61 Å². The summed E-state index contributed by atoms with van der Waals surface area (Å²) in [6.07, 6.45) is 15.2. The van der Waals surface area contributed by atoms with Crippen molar-refractivity contribution in [1.29, 1.82) is 0 Å². The molecular weight excluding hydrogens is 516 g/mol. The number of hydrogen-bond acceptors (Lipinski definition) is 3. The smallest absolute Gasteiger partial charge is 0.330 e. The van der Waals surface area contributed by atoms with E-state index in [1.807, 2.05) is 36.4 Å². The fraction of sp³-hybridized carbons (Fsp3) is 0.718. The maximum atomic E-state index is 12.9. The van der Waals surface area contributed by atoms with E-state index in [2.05, 4.69) is 48.1 Å². The van der Waals surface area contributed by atoms with E-state index in [-0.39, 0.29) is 28.3 Å². The molecule has 0 aliphatic heterocycles. The first-order chi connectivity index (χ1) is 19.8. The molecule has 3 heteroatoms. The summed E-state index contributed by atoms with van der Waals surface area (Å²) in [4.78, 5) is 12.9. The molecule has 0 spiro atoms. The number of allylic oxidation sites excluding steroid dienone is 1. The summed E-state index contributed by atoms with van der Waals surface area (Å²) in [5.41, 5.74) is 3.26. The highest BCUT2D eigenvalue weighted by Crippen LogP contribution is 2.77. The second-order valence-electron chi connectivity index (χ2n) is 16.8. The Balaban J connectivity index is 1.27. The Labute approximate surface area is 255 Å². The lowest BCUT2D eigenvalue weighted by Crippen LogP contribution is -2.66. The lowest BCUT2D eigenvalue weighted by Gasteiger charge is -2.73. The lowest BCUT2D eigenvalue weighted by atomic mass is 9.32. The average molecular weight is 573 g/mol. The zero-order valence-corrected chi connectivity index (χ0v) is 27.3. The van der Waals surface area contributed by atoms with Crippen molar-refractivity contribution in [2.45, 2.75) is 112 Å².